The predicted octanol–water partition coefficient (Wildman–Crippen LogP) is 5.11. The zero-order chi connectivity index (χ0) is 33.7. The second-order valence-corrected chi connectivity index (χ2v) is 13.1. The number of carbonyl (C=O) groups excluding carboxylic acids is 4. The highest BCUT2D eigenvalue weighted by Gasteiger charge is 2.27. The first kappa shape index (κ1) is 35.2. The van der Waals surface area contributed by atoms with Crippen molar-refractivity contribution in [3.63, 3.8) is 0 Å². The van der Waals surface area contributed by atoms with E-state index in [9.17, 15) is 19.2 Å². The predicted molar refractivity (Wildman–Crippen MR) is 179 cm³/mol. The van der Waals surface area contributed by atoms with E-state index in [4.69, 9.17) is 23.7 Å². The van der Waals surface area contributed by atoms with E-state index >= 15 is 0 Å². The van der Waals surface area contributed by atoms with E-state index in [1.807, 2.05) is 0 Å². The molecule has 11 heteroatoms. The van der Waals surface area contributed by atoms with Gasteiger partial charge in [0.25, 0.3) is 6.47 Å². The second-order valence-electron chi connectivity index (χ2n) is 13.1. The number of benzene rings is 2. The van der Waals surface area contributed by atoms with Crippen LogP contribution >= 0.6 is 0 Å². The van der Waals surface area contributed by atoms with Crippen LogP contribution < -0.4 is 9.80 Å². The van der Waals surface area contributed by atoms with Crippen LogP contribution in [0.3, 0.4) is 0 Å². The molecule has 3 aliphatic rings. The van der Waals surface area contributed by atoms with Crippen molar-refractivity contribution in [3.05, 3.63) is 59.7 Å². The normalized spacial score (nSPS) is 21.0. The van der Waals surface area contributed by atoms with Crippen molar-refractivity contribution in [1.29, 1.82) is 0 Å². The van der Waals surface area contributed by atoms with Gasteiger partial charge in [0.1, 0.15) is 24.6 Å². The molecule has 3 fully saturated rings. The maximum Gasteiger partial charge on any atom is 0.508 e. The second kappa shape index (κ2) is 17.9. The highest BCUT2D eigenvalue weighted by atomic mass is 16.8. The first-order chi connectivity index (χ1) is 23.4. The summed E-state index contributed by atoms with van der Waals surface area (Å²) in [6.45, 7) is 4.58. The van der Waals surface area contributed by atoms with Crippen LogP contribution in [0.5, 0.6) is 0 Å². The van der Waals surface area contributed by atoms with E-state index in [0.29, 0.717) is 76.6 Å². The summed E-state index contributed by atoms with van der Waals surface area (Å²) in [7, 11) is 1.60. The number of carbonyl (C=O) groups is 4. The Morgan fingerprint density at radius 1 is 0.812 bits per heavy atom. The fourth-order valence-corrected chi connectivity index (χ4v) is 6.75. The Balaban J connectivity index is 1.19. The summed E-state index contributed by atoms with van der Waals surface area (Å²) in [5.41, 5.74) is 4.56. The zero-order valence-corrected chi connectivity index (χ0v) is 27.9. The van der Waals surface area contributed by atoms with Crippen LogP contribution in [-0.4, -0.2) is 89.7 Å². The van der Waals surface area contributed by atoms with Gasteiger partial charge in [-0.1, -0.05) is 24.3 Å². The number of ketones is 1. The van der Waals surface area contributed by atoms with Crippen molar-refractivity contribution in [3.8, 4) is 0 Å². The van der Waals surface area contributed by atoms with Gasteiger partial charge in [-0.2, -0.15) is 0 Å². The molecule has 11 nitrogen and oxygen atoms in total. The van der Waals surface area contributed by atoms with E-state index in [1.165, 1.54) is 11.1 Å². The number of hydrogen-bond donors (Lipinski definition) is 0. The molecule has 2 saturated heterocycles. The molecule has 0 radical (unpaired) electrons. The molecule has 2 aliphatic heterocycles. The molecule has 1 aliphatic carbocycles. The van der Waals surface area contributed by atoms with E-state index in [-0.39, 0.29) is 30.7 Å². The average molecular weight is 665 g/mol. The summed E-state index contributed by atoms with van der Waals surface area (Å²) in [5.74, 6) is 0.872. The van der Waals surface area contributed by atoms with Gasteiger partial charge in [-0.05, 0) is 67.0 Å². The minimum atomic E-state index is -0.611. The molecule has 1 saturated carbocycles. The van der Waals surface area contributed by atoms with Crippen LogP contribution in [0, 0.1) is 11.8 Å². The summed E-state index contributed by atoms with van der Waals surface area (Å²) in [4.78, 5) is 50.4. The number of nitrogens with zero attached hydrogens (tertiary/aromatic N) is 2. The minimum Gasteiger partial charge on any atom is -0.465 e. The van der Waals surface area contributed by atoms with E-state index in [0.717, 1.165) is 50.1 Å². The number of Topliss-reactive ketones (excluding diaryl/α,β-unsaturated/α-hetero) is 1. The third kappa shape index (κ3) is 10.7. The van der Waals surface area contributed by atoms with Crippen LogP contribution in [0.1, 0.15) is 62.5 Å². The first-order valence-electron chi connectivity index (χ1n) is 17.1. The van der Waals surface area contributed by atoms with Gasteiger partial charge in [0.15, 0.2) is 0 Å². The molecule has 0 spiro atoms. The van der Waals surface area contributed by atoms with E-state index < -0.39 is 6.16 Å². The van der Waals surface area contributed by atoms with Crippen molar-refractivity contribution >= 4 is 35.8 Å². The molecule has 0 bridgehead atoms. The van der Waals surface area contributed by atoms with Crippen LogP contribution in [0.25, 0.3) is 0 Å². The highest BCUT2D eigenvalue weighted by molar-refractivity contribution is 5.80. The molecule has 2 aromatic carbocycles. The SMILES string of the molecule is COCC(CCN(CCC1CCC(=O)C1)c1ccc(Cc2ccc(N(CCC3COC(=O)C3)CCC3COC(=O)O3)cc2)cc1)OC=O. The Kier molecular flexibility index (Phi) is 13.1. The van der Waals surface area contributed by atoms with Gasteiger partial charge in [-0.25, -0.2) is 4.79 Å². The fourth-order valence-electron chi connectivity index (χ4n) is 6.75. The molecule has 5 rings (SSSR count). The monoisotopic (exact) mass is 664 g/mol. The van der Waals surface area contributed by atoms with Crippen LogP contribution in [-0.2, 0) is 44.5 Å². The number of rotatable bonds is 20. The molecule has 2 heterocycles. The molecule has 0 N–H and O–H groups in total. The Bertz CT molecular complexity index is 1320. The maximum atomic E-state index is 11.8. The summed E-state index contributed by atoms with van der Waals surface area (Å²) in [6.07, 6.45) is 5.49. The highest BCUT2D eigenvalue weighted by Crippen LogP contribution is 2.28. The molecule has 2 aromatic rings. The quantitative estimate of drug-likeness (QED) is 0.107. The van der Waals surface area contributed by atoms with Crippen molar-refractivity contribution in [1.82, 2.24) is 0 Å². The molecule has 48 heavy (non-hydrogen) atoms. The Morgan fingerprint density at radius 3 is 2.00 bits per heavy atom. The van der Waals surface area contributed by atoms with Crippen LogP contribution in [0.2, 0.25) is 0 Å². The fraction of sp³-hybridized carbons (Fsp3) is 0.568. The minimum absolute atomic E-state index is 0.131. The zero-order valence-electron chi connectivity index (χ0n) is 27.9. The van der Waals surface area contributed by atoms with Gasteiger partial charge >= 0.3 is 12.1 Å². The topological polar surface area (TPSA) is 121 Å². The van der Waals surface area contributed by atoms with Crippen LogP contribution in [0.15, 0.2) is 48.5 Å². The standard InChI is InChI=1S/C37H48N2O9/c1-44-24-34(47-26-40)14-18-38(16-12-29-6-11-33(41)21-29)31-7-2-27(3-8-31)20-28-4-9-32(10-5-28)39(17-13-30-22-36(42)45-23-30)19-15-35-25-46-37(43)48-35/h2-5,7-10,26,29-30,34-35H,6,11-25H2,1H3. The molecule has 260 valence electrons. The molecular formula is C37H48N2O9. The first-order valence-corrected chi connectivity index (χ1v) is 17.1. The molecular weight excluding hydrogens is 616 g/mol. The summed E-state index contributed by atoms with van der Waals surface area (Å²) in [6, 6.07) is 17.2. The van der Waals surface area contributed by atoms with Crippen molar-refractivity contribution in [2.45, 2.75) is 70.0 Å². The van der Waals surface area contributed by atoms with Gasteiger partial charge in [0.2, 0.25) is 0 Å². The number of esters is 1. The van der Waals surface area contributed by atoms with Gasteiger partial charge in [0, 0.05) is 76.3 Å². The molecule has 0 aromatic heterocycles. The average Bonchev–Trinajstić information content (AvgIpc) is 3.83. The van der Waals surface area contributed by atoms with Gasteiger partial charge in [-0.3, -0.25) is 14.4 Å². The third-order valence-electron chi connectivity index (χ3n) is 9.60. The number of cyclic esters (lactones) is 3. The number of ether oxygens (including phenoxy) is 5. The van der Waals surface area contributed by atoms with Crippen molar-refractivity contribution in [2.75, 3.05) is 62.9 Å². The van der Waals surface area contributed by atoms with E-state index in [1.54, 1.807) is 7.11 Å². The summed E-state index contributed by atoms with van der Waals surface area (Å²) in [5, 5.41) is 0. The molecule has 4 unspecified atom stereocenters. The number of anilines is 2. The maximum absolute atomic E-state index is 11.8. The molecule has 0 amide bonds. The Labute approximate surface area is 282 Å². The lowest BCUT2D eigenvalue weighted by Crippen LogP contribution is -2.31. The summed E-state index contributed by atoms with van der Waals surface area (Å²) >= 11 is 0. The Morgan fingerprint density at radius 2 is 1.46 bits per heavy atom. The van der Waals surface area contributed by atoms with Gasteiger partial charge in [-0.15, -0.1) is 0 Å². The van der Waals surface area contributed by atoms with Crippen molar-refractivity contribution < 1.29 is 42.9 Å². The van der Waals surface area contributed by atoms with Gasteiger partial charge in [0.05, 0.1) is 19.6 Å². The number of methoxy groups -OCH3 is 1. The smallest absolute Gasteiger partial charge is 0.465 e. The van der Waals surface area contributed by atoms with Crippen molar-refractivity contribution in [2.24, 2.45) is 11.8 Å². The van der Waals surface area contributed by atoms with Crippen LogP contribution in [0.4, 0.5) is 16.2 Å². The third-order valence-corrected chi connectivity index (χ3v) is 9.60. The lowest BCUT2D eigenvalue weighted by Gasteiger charge is -2.28. The van der Waals surface area contributed by atoms with E-state index in [2.05, 4.69) is 58.3 Å². The molecule has 4 atom stereocenters. The largest absolute Gasteiger partial charge is 0.508 e. The lowest BCUT2D eigenvalue weighted by molar-refractivity contribution is -0.138. The summed E-state index contributed by atoms with van der Waals surface area (Å²) < 4.78 is 25.8. The lowest BCUT2D eigenvalue weighted by atomic mass is 10.0. The van der Waals surface area contributed by atoms with Gasteiger partial charge < -0.3 is 33.5 Å². The number of hydrogen-bond acceptors (Lipinski definition) is 11. The Hall–Kier alpha value is -4.12.